The average Bonchev–Trinajstić information content (AvgIpc) is 2.55. The first-order valence-corrected chi connectivity index (χ1v) is 8.18. The molecule has 2 rings (SSSR count). The molecule has 0 fully saturated rings. The minimum absolute atomic E-state index is 0.137. The van der Waals surface area contributed by atoms with Crippen LogP contribution in [0.25, 0.3) is 0 Å². The van der Waals surface area contributed by atoms with Crippen LogP contribution < -0.4 is 10.6 Å². The van der Waals surface area contributed by atoms with Gasteiger partial charge in [0, 0.05) is 18.4 Å². The molecule has 0 aliphatic heterocycles. The third kappa shape index (κ3) is 5.09. The molecule has 2 aromatic rings. The smallest absolute Gasteiger partial charge is 0.257 e. The molecule has 2 N–H and O–H groups in total. The lowest BCUT2D eigenvalue weighted by Gasteiger charge is -2.10. The number of nitrogens with zero attached hydrogens (tertiary/aromatic N) is 1. The number of rotatable bonds is 7. The van der Waals surface area contributed by atoms with Crippen LogP contribution in [0.4, 0.5) is 11.5 Å². The van der Waals surface area contributed by atoms with Gasteiger partial charge in [-0.15, -0.1) is 0 Å². The molecular weight excluding hydrogens is 286 g/mol. The van der Waals surface area contributed by atoms with Crippen molar-refractivity contribution in [1.82, 2.24) is 4.98 Å². The number of amides is 1. The van der Waals surface area contributed by atoms with Crippen LogP contribution >= 0.6 is 0 Å². The molecule has 0 bridgehead atoms. The van der Waals surface area contributed by atoms with E-state index < -0.39 is 0 Å². The Hall–Kier alpha value is -2.36. The van der Waals surface area contributed by atoms with E-state index in [-0.39, 0.29) is 5.91 Å². The topological polar surface area (TPSA) is 54.0 Å². The molecule has 1 aromatic heterocycles. The zero-order valence-corrected chi connectivity index (χ0v) is 14.1. The molecule has 4 heteroatoms. The van der Waals surface area contributed by atoms with Crippen molar-refractivity contribution in [3.05, 3.63) is 53.2 Å². The Kier molecular flexibility index (Phi) is 6.15. The Balaban J connectivity index is 1.94. The first-order valence-electron chi connectivity index (χ1n) is 8.18. The number of anilines is 2. The Labute approximate surface area is 138 Å². The molecule has 0 spiro atoms. The van der Waals surface area contributed by atoms with Crippen molar-refractivity contribution < 1.29 is 4.79 Å². The van der Waals surface area contributed by atoms with E-state index in [1.165, 1.54) is 18.4 Å². The van der Waals surface area contributed by atoms with E-state index in [0.717, 1.165) is 30.0 Å². The fourth-order valence-electron chi connectivity index (χ4n) is 2.37. The van der Waals surface area contributed by atoms with Gasteiger partial charge in [-0.3, -0.25) is 4.79 Å². The quantitative estimate of drug-likeness (QED) is 0.737. The lowest BCUT2D eigenvalue weighted by molar-refractivity contribution is 0.102. The van der Waals surface area contributed by atoms with Crippen molar-refractivity contribution in [1.29, 1.82) is 0 Å². The Bertz CT molecular complexity index is 650. The van der Waals surface area contributed by atoms with Crippen molar-refractivity contribution in [2.45, 2.75) is 40.0 Å². The molecule has 1 aromatic carbocycles. The minimum atomic E-state index is -0.137. The van der Waals surface area contributed by atoms with E-state index in [9.17, 15) is 4.79 Å². The van der Waals surface area contributed by atoms with Crippen LogP contribution in [-0.4, -0.2) is 17.4 Å². The molecular formula is C19H25N3O. The third-order valence-corrected chi connectivity index (χ3v) is 3.74. The number of aromatic nitrogens is 1. The largest absolute Gasteiger partial charge is 0.370 e. The van der Waals surface area contributed by atoms with Crippen LogP contribution in [0.3, 0.4) is 0 Å². The number of unbranched alkanes of at least 4 members (excludes halogenated alkanes) is 2. The predicted octanol–water partition coefficient (Wildman–Crippen LogP) is 4.55. The summed E-state index contributed by atoms with van der Waals surface area (Å²) in [6.45, 7) is 7.12. The molecule has 0 aliphatic rings. The fourth-order valence-corrected chi connectivity index (χ4v) is 2.37. The Morgan fingerprint density at radius 3 is 2.61 bits per heavy atom. The highest BCUT2D eigenvalue weighted by molar-refractivity contribution is 6.04. The van der Waals surface area contributed by atoms with Gasteiger partial charge >= 0.3 is 0 Å². The van der Waals surface area contributed by atoms with Crippen LogP contribution in [0, 0.1) is 13.8 Å². The average molecular weight is 311 g/mol. The predicted molar refractivity (Wildman–Crippen MR) is 96.1 cm³/mol. The van der Waals surface area contributed by atoms with Gasteiger partial charge in [-0.2, -0.15) is 0 Å². The summed E-state index contributed by atoms with van der Waals surface area (Å²) >= 11 is 0. The zero-order chi connectivity index (χ0) is 16.7. The van der Waals surface area contributed by atoms with Crippen LogP contribution in [0.2, 0.25) is 0 Å². The SMILES string of the molecule is CCCCCNc1ccc(C(=O)Nc2ccc(C)cc2C)cn1. The number of benzene rings is 1. The molecule has 4 nitrogen and oxygen atoms in total. The lowest BCUT2D eigenvalue weighted by atomic mass is 10.1. The summed E-state index contributed by atoms with van der Waals surface area (Å²) in [6.07, 6.45) is 5.16. The van der Waals surface area contributed by atoms with Gasteiger partial charge in [-0.05, 0) is 44.0 Å². The third-order valence-electron chi connectivity index (χ3n) is 3.74. The lowest BCUT2D eigenvalue weighted by Crippen LogP contribution is -2.13. The molecule has 0 saturated heterocycles. The number of hydrogen-bond acceptors (Lipinski definition) is 3. The van der Waals surface area contributed by atoms with Gasteiger partial charge in [-0.1, -0.05) is 37.5 Å². The van der Waals surface area contributed by atoms with Gasteiger partial charge in [0.15, 0.2) is 0 Å². The standard InChI is InChI=1S/C19H25N3O/c1-4-5-6-11-20-18-10-8-16(13-21-18)19(23)22-17-9-7-14(2)12-15(17)3/h7-10,12-13H,4-6,11H2,1-3H3,(H,20,21)(H,22,23). The van der Waals surface area contributed by atoms with Crippen LogP contribution in [0.5, 0.6) is 0 Å². The number of pyridine rings is 1. The van der Waals surface area contributed by atoms with Crippen molar-refractivity contribution in [2.75, 3.05) is 17.2 Å². The molecule has 0 radical (unpaired) electrons. The van der Waals surface area contributed by atoms with Gasteiger partial charge in [0.25, 0.3) is 5.91 Å². The highest BCUT2D eigenvalue weighted by Crippen LogP contribution is 2.17. The van der Waals surface area contributed by atoms with E-state index in [1.54, 1.807) is 12.3 Å². The number of aryl methyl sites for hydroxylation is 2. The first-order chi connectivity index (χ1) is 11.1. The summed E-state index contributed by atoms with van der Waals surface area (Å²) in [4.78, 5) is 16.6. The van der Waals surface area contributed by atoms with E-state index in [1.807, 2.05) is 32.0 Å². The van der Waals surface area contributed by atoms with Crippen LogP contribution in [-0.2, 0) is 0 Å². The maximum absolute atomic E-state index is 12.3. The van der Waals surface area contributed by atoms with Crippen molar-refractivity contribution >= 4 is 17.4 Å². The van der Waals surface area contributed by atoms with Crippen molar-refractivity contribution in [2.24, 2.45) is 0 Å². The van der Waals surface area contributed by atoms with Gasteiger partial charge in [-0.25, -0.2) is 4.98 Å². The summed E-state index contributed by atoms with van der Waals surface area (Å²) in [6, 6.07) is 9.62. The molecule has 0 aliphatic carbocycles. The molecule has 1 heterocycles. The first kappa shape index (κ1) is 17.0. The molecule has 1 amide bonds. The summed E-state index contributed by atoms with van der Waals surface area (Å²) in [5, 5.41) is 6.20. The zero-order valence-electron chi connectivity index (χ0n) is 14.1. The second kappa shape index (κ2) is 8.32. The molecule has 0 atom stereocenters. The molecule has 23 heavy (non-hydrogen) atoms. The van der Waals surface area contributed by atoms with E-state index >= 15 is 0 Å². The molecule has 0 saturated carbocycles. The molecule has 122 valence electrons. The second-order valence-corrected chi connectivity index (χ2v) is 5.84. The number of nitrogens with one attached hydrogen (secondary N) is 2. The minimum Gasteiger partial charge on any atom is -0.370 e. The van der Waals surface area contributed by atoms with E-state index in [0.29, 0.717) is 5.56 Å². The maximum Gasteiger partial charge on any atom is 0.257 e. The Morgan fingerprint density at radius 2 is 1.96 bits per heavy atom. The van der Waals surface area contributed by atoms with Gasteiger partial charge in [0.1, 0.15) is 5.82 Å². The normalized spacial score (nSPS) is 10.4. The van der Waals surface area contributed by atoms with E-state index in [4.69, 9.17) is 0 Å². The monoisotopic (exact) mass is 311 g/mol. The number of carbonyl (C=O) groups excluding carboxylic acids is 1. The fraction of sp³-hybridized carbons (Fsp3) is 0.368. The van der Waals surface area contributed by atoms with Gasteiger partial charge < -0.3 is 10.6 Å². The highest BCUT2D eigenvalue weighted by atomic mass is 16.1. The second-order valence-electron chi connectivity index (χ2n) is 5.84. The summed E-state index contributed by atoms with van der Waals surface area (Å²) in [5.41, 5.74) is 3.63. The van der Waals surface area contributed by atoms with Crippen LogP contribution in [0.15, 0.2) is 36.5 Å². The highest BCUT2D eigenvalue weighted by Gasteiger charge is 2.08. The summed E-state index contributed by atoms with van der Waals surface area (Å²) in [7, 11) is 0. The van der Waals surface area contributed by atoms with Gasteiger partial charge in [0.05, 0.1) is 5.56 Å². The maximum atomic E-state index is 12.3. The summed E-state index contributed by atoms with van der Waals surface area (Å²) < 4.78 is 0. The molecule has 0 unspecified atom stereocenters. The number of hydrogen-bond donors (Lipinski definition) is 2. The van der Waals surface area contributed by atoms with E-state index in [2.05, 4.69) is 28.6 Å². The van der Waals surface area contributed by atoms with Crippen molar-refractivity contribution in [3.63, 3.8) is 0 Å². The number of carbonyl (C=O) groups is 1. The summed E-state index contributed by atoms with van der Waals surface area (Å²) in [5.74, 6) is 0.672. The van der Waals surface area contributed by atoms with Crippen LogP contribution in [0.1, 0.15) is 47.7 Å². The van der Waals surface area contributed by atoms with Gasteiger partial charge in [0.2, 0.25) is 0 Å². The Morgan fingerprint density at radius 1 is 1.13 bits per heavy atom. The van der Waals surface area contributed by atoms with Crippen molar-refractivity contribution in [3.8, 4) is 0 Å².